The summed E-state index contributed by atoms with van der Waals surface area (Å²) in [4.78, 5) is 9.60. The third kappa shape index (κ3) is 3.73. The van der Waals surface area contributed by atoms with Crippen LogP contribution in [0.25, 0.3) is 0 Å². The minimum Gasteiger partial charge on any atom is -0.480 e. The van der Waals surface area contributed by atoms with E-state index in [4.69, 9.17) is 5.11 Å². The lowest BCUT2D eigenvalue weighted by molar-refractivity contribution is -0.274. The second kappa shape index (κ2) is 4.73. The average Bonchev–Trinajstić information content (AvgIpc) is 2.15. The minimum atomic E-state index is -4.75. The van der Waals surface area contributed by atoms with Crippen LogP contribution < -0.4 is 4.74 Å². The van der Waals surface area contributed by atoms with Gasteiger partial charge in [0.2, 0.25) is 0 Å². The van der Waals surface area contributed by atoms with Crippen molar-refractivity contribution in [3.63, 3.8) is 0 Å². The van der Waals surface area contributed by atoms with E-state index < -0.39 is 17.2 Å². The lowest BCUT2D eigenvalue weighted by atomic mass is 10.1. The van der Waals surface area contributed by atoms with Crippen molar-refractivity contribution in [1.29, 1.82) is 0 Å². The molecular formula is C9H6BrF3O3. The van der Waals surface area contributed by atoms with E-state index in [0.29, 0.717) is 5.56 Å². The van der Waals surface area contributed by atoms with Crippen molar-refractivity contribution in [2.45, 2.75) is 11.2 Å². The Morgan fingerprint density at radius 1 is 1.31 bits per heavy atom. The smallest absolute Gasteiger partial charge is 0.480 e. The highest BCUT2D eigenvalue weighted by atomic mass is 79.9. The summed E-state index contributed by atoms with van der Waals surface area (Å²) in [6, 6.07) is 4.60. The van der Waals surface area contributed by atoms with Crippen molar-refractivity contribution in [1.82, 2.24) is 0 Å². The molecule has 1 aromatic rings. The standard InChI is InChI=1S/C9H6BrF3O3/c10-7(8(14)15)5-1-3-6(4-2-5)16-9(11,12)13/h1-4,7H,(H,14,15). The SMILES string of the molecule is O=C(O)C(Br)c1ccc(OC(F)(F)F)cc1. The maximum absolute atomic E-state index is 11.8. The van der Waals surface area contributed by atoms with Gasteiger partial charge in [-0.2, -0.15) is 0 Å². The number of hydrogen-bond donors (Lipinski definition) is 1. The number of carboxylic acids is 1. The van der Waals surface area contributed by atoms with Gasteiger partial charge in [-0.1, -0.05) is 28.1 Å². The summed E-state index contributed by atoms with van der Waals surface area (Å²) in [6.07, 6.45) is -4.75. The Balaban J connectivity index is 2.79. The van der Waals surface area contributed by atoms with Crippen LogP contribution >= 0.6 is 15.9 Å². The van der Waals surface area contributed by atoms with E-state index in [-0.39, 0.29) is 5.75 Å². The molecule has 0 heterocycles. The van der Waals surface area contributed by atoms with Crippen LogP contribution in [0.15, 0.2) is 24.3 Å². The highest BCUT2D eigenvalue weighted by Crippen LogP contribution is 2.27. The molecule has 0 bridgehead atoms. The van der Waals surface area contributed by atoms with Gasteiger partial charge >= 0.3 is 12.3 Å². The highest BCUT2D eigenvalue weighted by Gasteiger charge is 2.31. The van der Waals surface area contributed by atoms with Crippen molar-refractivity contribution in [3.05, 3.63) is 29.8 Å². The number of halogens is 4. The zero-order valence-corrected chi connectivity index (χ0v) is 9.25. The molecule has 1 unspecified atom stereocenters. The zero-order valence-electron chi connectivity index (χ0n) is 7.66. The number of ether oxygens (including phenoxy) is 1. The van der Waals surface area contributed by atoms with E-state index in [0.717, 1.165) is 12.1 Å². The second-order valence-electron chi connectivity index (χ2n) is 2.82. The van der Waals surface area contributed by atoms with E-state index in [2.05, 4.69) is 20.7 Å². The summed E-state index contributed by atoms with van der Waals surface area (Å²) < 4.78 is 39.0. The number of alkyl halides is 4. The Bertz CT molecular complexity index is 375. The highest BCUT2D eigenvalue weighted by molar-refractivity contribution is 9.09. The molecule has 1 atom stereocenters. The fourth-order valence-electron chi connectivity index (χ4n) is 0.981. The first-order valence-corrected chi connectivity index (χ1v) is 4.94. The first-order valence-electron chi connectivity index (χ1n) is 4.02. The molecule has 0 spiro atoms. The predicted octanol–water partition coefficient (Wildman–Crippen LogP) is 3.11. The van der Waals surface area contributed by atoms with Crippen LogP contribution in [0.1, 0.15) is 10.4 Å². The van der Waals surface area contributed by atoms with Gasteiger partial charge in [-0.05, 0) is 17.7 Å². The van der Waals surface area contributed by atoms with Gasteiger partial charge in [0.25, 0.3) is 0 Å². The number of carboxylic acid groups (broad SMARTS) is 1. The van der Waals surface area contributed by atoms with Gasteiger partial charge in [-0.15, -0.1) is 13.2 Å². The summed E-state index contributed by atoms with van der Waals surface area (Å²) in [7, 11) is 0. The maximum atomic E-state index is 11.8. The van der Waals surface area contributed by atoms with E-state index in [1.54, 1.807) is 0 Å². The predicted molar refractivity (Wildman–Crippen MR) is 52.4 cm³/mol. The number of rotatable bonds is 3. The third-order valence-electron chi connectivity index (χ3n) is 1.62. The first-order chi connectivity index (χ1) is 7.29. The van der Waals surface area contributed by atoms with Gasteiger partial charge in [0.1, 0.15) is 10.6 Å². The molecule has 0 radical (unpaired) electrons. The summed E-state index contributed by atoms with van der Waals surface area (Å²) in [5, 5.41) is 8.63. The molecule has 0 saturated heterocycles. The van der Waals surface area contributed by atoms with Gasteiger partial charge in [0.15, 0.2) is 0 Å². The molecule has 88 valence electrons. The van der Waals surface area contributed by atoms with Gasteiger partial charge in [-0.25, -0.2) is 0 Å². The third-order valence-corrected chi connectivity index (χ3v) is 2.54. The summed E-state index contributed by atoms with van der Waals surface area (Å²) in [5.41, 5.74) is 0.335. The molecule has 1 N–H and O–H groups in total. The largest absolute Gasteiger partial charge is 0.573 e. The fourth-order valence-corrected chi connectivity index (χ4v) is 1.29. The fraction of sp³-hybridized carbons (Fsp3) is 0.222. The van der Waals surface area contributed by atoms with Crippen LogP contribution in [0.3, 0.4) is 0 Å². The lowest BCUT2D eigenvalue weighted by Crippen LogP contribution is -2.17. The summed E-state index contributed by atoms with van der Waals surface area (Å²) in [6.45, 7) is 0. The number of benzene rings is 1. The molecule has 1 rings (SSSR count). The van der Waals surface area contributed by atoms with Crippen LogP contribution in [0.4, 0.5) is 13.2 Å². The Labute approximate surface area is 97.0 Å². The Morgan fingerprint density at radius 3 is 2.19 bits per heavy atom. The first kappa shape index (κ1) is 12.8. The lowest BCUT2D eigenvalue weighted by Gasteiger charge is -2.10. The van der Waals surface area contributed by atoms with Crippen molar-refractivity contribution < 1.29 is 27.8 Å². The molecule has 0 fully saturated rings. The molecule has 0 aromatic heterocycles. The van der Waals surface area contributed by atoms with Crippen molar-refractivity contribution in [2.75, 3.05) is 0 Å². The van der Waals surface area contributed by atoms with Crippen molar-refractivity contribution in [3.8, 4) is 5.75 Å². The van der Waals surface area contributed by atoms with E-state index in [9.17, 15) is 18.0 Å². The van der Waals surface area contributed by atoms with Gasteiger partial charge < -0.3 is 9.84 Å². The van der Waals surface area contributed by atoms with E-state index in [1.807, 2.05) is 0 Å². The van der Waals surface area contributed by atoms with Gasteiger partial charge in [0, 0.05) is 0 Å². The molecule has 1 aromatic carbocycles. The van der Waals surface area contributed by atoms with Crippen LogP contribution in [0, 0.1) is 0 Å². The molecule has 0 saturated carbocycles. The van der Waals surface area contributed by atoms with Crippen molar-refractivity contribution in [2.24, 2.45) is 0 Å². The number of carbonyl (C=O) groups is 1. The molecular weight excluding hydrogens is 293 g/mol. The molecule has 0 aliphatic heterocycles. The Kier molecular flexibility index (Phi) is 3.79. The van der Waals surface area contributed by atoms with Crippen LogP contribution in [-0.4, -0.2) is 17.4 Å². The molecule has 0 amide bonds. The van der Waals surface area contributed by atoms with Gasteiger partial charge in [0.05, 0.1) is 0 Å². The van der Waals surface area contributed by atoms with E-state index >= 15 is 0 Å². The Morgan fingerprint density at radius 2 is 1.81 bits per heavy atom. The average molecular weight is 299 g/mol. The normalized spacial score (nSPS) is 13.2. The monoisotopic (exact) mass is 298 g/mol. The summed E-state index contributed by atoms with van der Waals surface area (Å²) >= 11 is 2.87. The second-order valence-corrected chi connectivity index (χ2v) is 3.73. The molecule has 0 aliphatic carbocycles. The quantitative estimate of drug-likeness (QED) is 0.872. The molecule has 7 heteroatoms. The van der Waals surface area contributed by atoms with Crippen LogP contribution in [-0.2, 0) is 4.79 Å². The van der Waals surface area contributed by atoms with E-state index in [1.165, 1.54) is 12.1 Å². The van der Waals surface area contributed by atoms with Gasteiger partial charge in [-0.3, -0.25) is 4.79 Å². The van der Waals surface area contributed by atoms with Crippen LogP contribution in [0.5, 0.6) is 5.75 Å². The number of aliphatic carboxylic acids is 1. The Hall–Kier alpha value is -1.24. The molecule has 3 nitrogen and oxygen atoms in total. The van der Waals surface area contributed by atoms with Crippen LogP contribution in [0.2, 0.25) is 0 Å². The number of hydrogen-bond acceptors (Lipinski definition) is 2. The molecule has 0 aliphatic rings. The summed E-state index contributed by atoms with van der Waals surface area (Å²) in [5.74, 6) is -1.51. The maximum Gasteiger partial charge on any atom is 0.573 e. The topological polar surface area (TPSA) is 46.5 Å². The minimum absolute atomic E-state index is 0.335. The van der Waals surface area contributed by atoms with Crippen molar-refractivity contribution >= 4 is 21.9 Å². The molecule has 16 heavy (non-hydrogen) atoms. The zero-order chi connectivity index (χ0) is 12.3.